The van der Waals surface area contributed by atoms with E-state index in [2.05, 4.69) is 22.9 Å². The van der Waals surface area contributed by atoms with Crippen molar-refractivity contribution in [2.75, 3.05) is 26.8 Å². The lowest BCUT2D eigenvalue weighted by Crippen LogP contribution is -2.41. The Labute approximate surface area is 204 Å². The highest BCUT2D eigenvalue weighted by Gasteiger charge is 2.27. The van der Waals surface area contributed by atoms with Gasteiger partial charge in [-0.25, -0.2) is 4.39 Å². The maximum Gasteiger partial charge on any atom is 0.251 e. The van der Waals surface area contributed by atoms with Gasteiger partial charge in [-0.2, -0.15) is 0 Å². The van der Waals surface area contributed by atoms with Gasteiger partial charge in [0, 0.05) is 30.7 Å². The molecular weight excluding hydrogens is 453 g/mol. The summed E-state index contributed by atoms with van der Waals surface area (Å²) in [7, 11) is 1.46. The number of amides is 2. The molecule has 0 saturated heterocycles. The van der Waals surface area contributed by atoms with Crippen molar-refractivity contribution in [2.45, 2.75) is 50.3 Å². The van der Waals surface area contributed by atoms with Crippen LogP contribution in [-0.4, -0.2) is 61.0 Å². The van der Waals surface area contributed by atoms with Gasteiger partial charge in [-0.1, -0.05) is 18.2 Å². The molecule has 1 unspecified atom stereocenters. The first kappa shape index (κ1) is 26.6. The largest absolute Gasteiger partial charge is 0.494 e. The highest BCUT2D eigenvalue weighted by Crippen LogP contribution is 2.36. The zero-order chi connectivity index (χ0) is 25.4. The molecule has 0 spiro atoms. The van der Waals surface area contributed by atoms with Gasteiger partial charge in [0.15, 0.2) is 17.7 Å². The molecule has 8 nitrogen and oxygen atoms in total. The molecule has 0 aliphatic heterocycles. The van der Waals surface area contributed by atoms with Gasteiger partial charge in [-0.05, 0) is 67.5 Å². The Morgan fingerprint density at radius 1 is 1.11 bits per heavy atom. The third kappa shape index (κ3) is 7.24. The van der Waals surface area contributed by atoms with Gasteiger partial charge < -0.3 is 30.9 Å². The van der Waals surface area contributed by atoms with E-state index in [0.717, 1.165) is 24.8 Å². The normalized spacial score (nSPS) is 19.1. The van der Waals surface area contributed by atoms with Crippen molar-refractivity contribution in [3.05, 3.63) is 65.0 Å². The van der Waals surface area contributed by atoms with Gasteiger partial charge >= 0.3 is 0 Å². The van der Waals surface area contributed by atoms with Gasteiger partial charge in [0.05, 0.1) is 13.7 Å². The first-order chi connectivity index (χ1) is 16.8. The average Bonchev–Trinajstić information content (AvgIpc) is 3.34. The van der Waals surface area contributed by atoms with E-state index in [4.69, 9.17) is 9.84 Å². The van der Waals surface area contributed by atoms with Crippen LogP contribution in [-0.2, 0) is 4.79 Å². The number of halogens is 1. The first-order valence-electron chi connectivity index (χ1n) is 11.9. The topological polar surface area (TPSA) is 120 Å². The molecule has 3 rings (SSSR count). The number of aliphatic hydroxyl groups is 2. The summed E-state index contributed by atoms with van der Waals surface area (Å²) in [5.74, 6) is -0.654. The summed E-state index contributed by atoms with van der Waals surface area (Å²) >= 11 is 0. The molecule has 1 saturated carbocycles. The van der Waals surface area contributed by atoms with Crippen LogP contribution >= 0.6 is 0 Å². The van der Waals surface area contributed by atoms with Crippen LogP contribution in [0, 0.1) is 5.82 Å². The monoisotopic (exact) mass is 487 g/mol. The molecule has 1 aliphatic rings. The molecule has 0 aromatic heterocycles. The number of hydrogen-bond donors (Lipinski definition) is 5. The van der Waals surface area contributed by atoms with E-state index < -0.39 is 18.6 Å². The van der Waals surface area contributed by atoms with Crippen LogP contribution in [0.1, 0.15) is 59.6 Å². The Morgan fingerprint density at radius 3 is 2.51 bits per heavy atom. The molecule has 2 aromatic rings. The van der Waals surface area contributed by atoms with Gasteiger partial charge in [-0.15, -0.1) is 0 Å². The molecular formula is C26H34FN3O5. The van der Waals surface area contributed by atoms with E-state index in [9.17, 15) is 19.1 Å². The van der Waals surface area contributed by atoms with Crippen molar-refractivity contribution in [3.63, 3.8) is 0 Å². The Hall–Kier alpha value is -3.01. The number of methoxy groups -OCH3 is 1. The molecule has 1 fully saturated rings. The van der Waals surface area contributed by atoms with Crippen molar-refractivity contribution in [2.24, 2.45) is 0 Å². The second-order valence-electron chi connectivity index (χ2n) is 8.86. The molecule has 4 atom stereocenters. The summed E-state index contributed by atoms with van der Waals surface area (Å²) in [6.45, 7) is 1.77. The Balaban J connectivity index is 1.46. The summed E-state index contributed by atoms with van der Waals surface area (Å²) in [5, 5.41) is 26.7. The average molecular weight is 488 g/mol. The lowest BCUT2D eigenvalue weighted by molar-refractivity contribution is -0.131. The van der Waals surface area contributed by atoms with Crippen LogP contribution in [0.2, 0.25) is 0 Å². The van der Waals surface area contributed by atoms with Crippen molar-refractivity contribution in [3.8, 4) is 5.75 Å². The summed E-state index contributed by atoms with van der Waals surface area (Å²) in [4.78, 5) is 23.7. The highest BCUT2D eigenvalue weighted by molar-refractivity contribution is 5.94. The minimum absolute atomic E-state index is 0.0657. The molecule has 0 bridgehead atoms. The van der Waals surface area contributed by atoms with Crippen LogP contribution in [0.3, 0.4) is 0 Å². The number of hydrogen-bond acceptors (Lipinski definition) is 6. The number of benzene rings is 2. The number of rotatable bonds is 11. The number of ether oxygens (including phenoxy) is 1. The van der Waals surface area contributed by atoms with Gasteiger partial charge in [-0.3, -0.25) is 9.59 Å². The van der Waals surface area contributed by atoms with E-state index in [-0.39, 0.29) is 36.6 Å². The minimum atomic E-state index is -1.46. The SMILES string of the molecule is COc1cc([C@@H](C)N[C@H]2CC[C@@H](c3ccc(C(=O)NCCNC(=O)C(O)CO)cc3)C2)ccc1F. The van der Waals surface area contributed by atoms with Crippen LogP contribution in [0.5, 0.6) is 5.75 Å². The summed E-state index contributed by atoms with van der Waals surface area (Å²) < 4.78 is 18.8. The minimum Gasteiger partial charge on any atom is -0.494 e. The molecule has 0 radical (unpaired) electrons. The Morgan fingerprint density at radius 2 is 1.83 bits per heavy atom. The number of carbonyl (C=O) groups is 2. The van der Waals surface area contributed by atoms with E-state index >= 15 is 0 Å². The fourth-order valence-electron chi connectivity index (χ4n) is 4.40. The van der Waals surface area contributed by atoms with Crippen LogP contribution in [0.25, 0.3) is 0 Å². The highest BCUT2D eigenvalue weighted by atomic mass is 19.1. The molecule has 9 heteroatoms. The van der Waals surface area contributed by atoms with Crippen molar-refractivity contribution in [1.82, 2.24) is 16.0 Å². The third-order valence-electron chi connectivity index (χ3n) is 6.42. The predicted octanol–water partition coefficient (Wildman–Crippen LogP) is 2.02. The molecule has 5 N–H and O–H groups in total. The zero-order valence-corrected chi connectivity index (χ0v) is 20.1. The van der Waals surface area contributed by atoms with Crippen LogP contribution in [0.15, 0.2) is 42.5 Å². The van der Waals surface area contributed by atoms with Crippen molar-refractivity contribution in [1.29, 1.82) is 0 Å². The molecule has 0 heterocycles. The smallest absolute Gasteiger partial charge is 0.251 e. The number of carbonyl (C=O) groups excluding carboxylic acids is 2. The van der Waals surface area contributed by atoms with Crippen LogP contribution in [0.4, 0.5) is 4.39 Å². The molecule has 2 aromatic carbocycles. The lowest BCUT2D eigenvalue weighted by Gasteiger charge is -2.21. The van der Waals surface area contributed by atoms with Gasteiger partial charge in [0.25, 0.3) is 11.8 Å². The van der Waals surface area contributed by atoms with Gasteiger partial charge in [0.1, 0.15) is 0 Å². The Bertz CT molecular complexity index is 1000. The maximum absolute atomic E-state index is 13.7. The van der Waals surface area contributed by atoms with E-state index in [1.807, 2.05) is 12.1 Å². The standard InChI is InChI=1S/C26H34FN3O5/c1-16(19-8-10-22(27)24(14-19)35-2)30-21-9-7-20(13-21)17-3-5-18(6-4-17)25(33)28-11-12-29-26(34)23(32)15-31/h3-6,8,10,14,16,20-21,23,30-32H,7,9,11-13,15H2,1-2H3,(H,28,33)(H,29,34)/t16-,20-,21+,23?/m1/s1. The number of nitrogens with one attached hydrogen (secondary N) is 3. The quantitative estimate of drug-likeness (QED) is 0.310. The van der Waals surface area contributed by atoms with E-state index in [1.54, 1.807) is 24.3 Å². The predicted molar refractivity (Wildman–Crippen MR) is 130 cm³/mol. The fourth-order valence-corrected chi connectivity index (χ4v) is 4.40. The van der Waals surface area contributed by atoms with Crippen molar-refractivity contribution < 1.29 is 28.9 Å². The third-order valence-corrected chi connectivity index (χ3v) is 6.42. The molecule has 190 valence electrons. The van der Waals surface area contributed by atoms with Gasteiger partial charge in [0.2, 0.25) is 0 Å². The number of aliphatic hydroxyl groups excluding tert-OH is 2. The molecule has 1 aliphatic carbocycles. The van der Waals surface area contributed by atoms with Crippen molar-refractivity contribution >= 4 is 11.8 Å². The van der Waals surface area contributed by atoms with E-state index in [1.165, 1.54) is 18.7 Å². The first-order valence-corrected chi connectivity index (χ1v) is 11.9. The molecule has 35 heavy (non-hydrogen) atoms. The maximum atomic E-state index is 13.7. The van der Waals surface area contributed by atoms with Crippen LogP contribution < -0.4 is 20.7 Å². The summed E-state index contributed by atoms with van der Waals surface area (Å²) in [6, 6.07) is 12.9. The van der Waals surface area contributed by atoms with E-state index in [0.29, 0.717) is 17.5 Å². The Kier molecular flexibility index (Phi) is 9.59. The second kappa shape index (κ2) is 12.6. The fraction of sp³-hybridized carbons (Fsp3) is 0.462. The molecule has 2 amide bonds. The summed E-state index contributed by atoms with van der Waals surface area (Å²) in [5.41, 5.74) is 2.69. The zero-order valence-electron chi connectivity index (χ0n) is 20.1. The second-order valence-corrected chi connectivity index (χ2v) is 8.86. The lowest BCUT2D eigenvalue weighted by atomic mass is 9.96. The summed E-state index contributed by atoms with van der Waals surface area (Å²) in [6.07, 6.45) is 1.60.